The van der Waals surface area contributed by atoms with Crippen molar-refractivity contribution in [2.75, 3.05) is 26.8 Å². The number of guanidine groups is 1. The van der Waals surface area contributed by atoms with Gasteiger partial charge in [-0.05, 0) is 31.7 Å². The Labute approximate surface area is 169 Å². The van der Waals surface area contributed by atoms with Crippen molar-refractivity contribution in [1.29, 1.82) is 0 Å². The van der Waals surface area contributed by atoms with Crippen LogP contribution in [-0.2, 0) is 11.3 Å². The Bertz CT molecular complexity index is 543. The van der Waals surface area contributed by atoms with E-state index < -0.39 is 0 Å². The van der Waals surface area contributed by atoms with E-state index in [0.717, 1.165) is 49.9 Å². The summed E-state index contributed by atoms with van der Waals surface area (Å²) < 4.78 is 11.7. The summed E-state index contributed by atoms with van der Waals surface area (Å²) in [6.45, 7) is 9.46. The van der Waals surface area contributed by atoms with Crippen molar-refractivity contribution < 1.29 is 9.47 Å². The van der Waals surface area contributed by atoms with Crippen molar-refractivity contribution in [3.05, 3.63) is 29.8 Å². The van der Waals surface area contributed by atoms with Crippen LogP contribution in [0.5, 0.6) is 5.75 Å². The average Bonchev–Trinajstić information content (AvgIpc) is 3.01. The lowest BCUT2D eigenvalue weighted by Gasteiger charge is -2.24. The average molecular weight is 461 g/mol. The molecule has 1 aromatic rings. The van der Waals surface area contributed by atoms with Gasteiger partial charge in [0.15, 0.2) is 5.96 Å². The molecule has 1 aliphatic heterocycles. The van der Waals surface area contributed by atoms with Crippen molar-refractivity contribution in [2.24, 2.45) is 10.9 Å². The molecule has 1 fully saturated rings. The third-order valence-electron chi connectivity index (χ3n) is 4.14. The normalized spacial score (nSPS) is 20.3. The molecule has 0 bridgehead atoms. The van der Waals surface area contributed by atoms with Crippen LogP contribution in [0.3, 0.4) is 0 Å². The van der Waals surface area contributed by atoms with E-state index in [1.807, 2.05) is 18.2 Å². The molecule has 142 valence electrons. The summed E-state index contributed by atoms with van der Waals surface area (Å²) in [7, 11) is 1.79. The van der Waals surface area contributed by atoms with Gasteiger partial charge in [0.25, 0.3) is 0 Å². The van der Waals surface area contributed by atoms with Crippen LogP contribution in [0.4, 0.5) is 0 Å². The number of nitrogens with one attached hydrogen (secondary N) is 2. The van der Waals surface area contributed by atoms with Crippen LogP contribution < -0.4 is 15.4 Å². The molecule has 1 unspecified atom stereocenters. The van der Waals surface area contributed by atoms with Crippen molar-refractivity contribution in [3.63, 3.8) is 0 Å². The van der Waals surface area contributed by atoms with Crippen LogP contribution in [0.15, 0.2) is 29.3 Å². The fourth-order valence-corrected chi connectivity index (χ4v) is 2.69. The SMILES string of the molecule is CN=C(NCc1ccccc1OCC(C)C)NCC1(C)CCCO1.I. The van der Waals surface area contributed by atoms with E-state index >= 15 is 0 Å². The van der Waals surface area contributed by atoms with Crippen molar-refractivity contribution in [3.8, 4) is 5.75 Å². The second-order valence-electron chi connectivity index (χ2n) is 6.99. The van der Waals surface area contributed by atoms with Crippen LogP contribution in [0.2, 0.25) is 0 Å². The van der Waals surface area contributed by atoms with Gasteiger partial charge >= 0.3 is 0 Å². The molecule has 1 saturated heterocycles. The van der Waals surface area contributed by atoms with Gasteiger partial charge in [-0.3, -0.25) is 4.99 Å². The number of rotatable bonds is 7. The fraction of sp³-hybridized carbons (Fsp3) is 0.632. The minimum Gasteiger partial charge on any atom is -0.493 e. The lowest BCUT2D eigenvalue weighted by atomic mass is 10.0. The van der Waals surface area contributed by atoms with Crippen LogP contribution in [0.25, 0.3) is 0 Å². The fourth-order valence-electron chi connectivity index (χ4n) is 2.69. The summed E-state index contributed by atoms with van der Waals surface area (Å²) in [5.41, 5.74) is 1.04. The van der Waals surface area contributed by atoms with Gasteiger partial charge in [0.2, 0.25) is 0 Å². The molecule has 0 radical (unpaired) electrons. The number of hydrogen-bond acceptors (Lipinski definition) is 3. The Morgan fingerprint density at radius 1 is 1.32 bits per heavy atom. The standard InChI is InChI=1S/C19H31N3O2.HI/c1-15(2)13-23-17-9-6-5-8-16(17)12-21-18(20-4)22-14-19(3)10-7-11-24-19;/h5-6,8-9,15H,7,10-14H2,1-4H3,(H2,20,21,22);1H. The first-order chi connectivity index (χ1) is 11.5. The molecular formula is C19H32IN3O2. The van der Waals surface area contributed by atoms with Crippen LogP contribution in [0, 0.1) is 5.92 Å². The number of nitrogens with zero attached hydrogens (tertiary/aromatic N) is 1. The Morgan fingerprint density at radius 2 is 2.08 bits per heavy atom. The second-order valence-corrected chi connectivity index (χ2v) is 6.99. The quantitative estimate of drug-likeness (QED) is 0.371. The maximum atomic E-state index is 5.90. The summed E-state index contributed by atoms with van der Waals surface area (Å²) >= 11 is 0. The minimum atomic E-state index is -0.0874. The zero-order valence-electron chi connectivity index (χ0n) is 15.8. The number of aliphatic imine (C=N–C) groups is 1. The predicted molar refractivity (Wildman–Crippen MR) is 114 cm³/mol. The molecule has 0 spiro atoms. The zero-order valence-corrected chi connectivity index (χ0v) is 18.1. The predicted octanol–water partition coefficient (Wildman–Crippen LogP) is 3.57. The molecule has 0 saturated carbocycles. The number of ether oxygens (including phenoxy) is 2. The largest absolute Gasteiger partial charge is 0.493 e. The molecule has 6 heteroatoms. The highest BCUT2D eigenvalue weighted by Gasteiger charge is 2.29. The second kappa shape index (κ2) is 10.9. The van der Waals surface area contributed by atoms with Crippen LogP contribution in [-0.4, -0.2) is 38.4 Å². The topological polar surface area (TPSA) is 54.9 Å². The van der Waals surface area contributed by atoms with E-state index in [9.17, 15) is 0 Å². The first kappa shape index (κ1) is 22.0. The Morgan fingerprint density at radius 3 is 2.72 bits per heavy atom. The maximum Gasteiger partial charge on any atom is 0.191 e. The van der Waals surface area contributed by atoms with Crippen molar-refractivity contribution in [1.82, 2.24) is 10.6 Å². The minimum absolute atomic E-state index is 0. The monoisotopic (exact) mass is 461 g/mol. The maximum absolute atomic E-state index is 5.90. The molecule has 1 aromatic carbocycles. The van der Waals surface area contributed by atoms with E-state index in [0.29, 0.717) is 12.5 Å². The molecule has 1 atom stereocenters. The highest BCUT2D eigenvalue weighted by Crippen LogP contribution is 2.23. The van der Waals surface area contributed by atoms with Gasteiger partial charge < -0.3 is 20.1 Å². The van der Waals surface area contributed by atoms with E-state index in [1.165, 1.54) is 0 Å². The van der Waals surface area contributed by atoms with E-state index in [4.69, 9.17) is 9.47 Å². The molecular weight excluding hydrogens is 429 g/mol. The molecule has 0 aromatic heterocycles. The Hall–Kier alpha value is -1.02. The lowest BCUT2D eigenvalue weighted by Crippen LogP contribution is -2.45. The first-order valence-corrected chi connectivity index (χ1v) is 8.81. The van der Waals surface area contributed by atoms with Gasteiger partial charge in [0.1, 0.15) is 5.75 Å². The lowest BCUT2D eigenvalue weighted by molar-refractivity contribution is 0.0243. The molecule has 0 amide bonds. The number of hydrogen-bond donors (Lipinski definition) is 2. The number of benzene rings is 1. The third kappa shape index (κ3) is 7.40. The highest BCUT2D eigenvalue weighted by molar-refractivity contribution is 14.0. The summed E-state index contributed by atoms with van der Waals surface area (Å²) in [4.78, 5) is 4.30. The van der Waals surface area contributed by atoms with Gasteiger partial charge in [-0.15, -0.1) is 24.0 Å². The Kier molecular flexibility index (Phi) is 9.56. The zero-order chi connectivity index (χ0) is 17.4. The molecule has 2 N–H and O–H groups in total. The van der Waals surface area contributed by atoms with E-state index in [2.05, 4.69) is 42.5 Å². The van der Waals surface area contributed by atoms with Gasteiger partial charge in [0.05, 0.1) is 12.2 Å². The molecule has 2 rings (SSSR count). The molecule has 1 aliphatic rings. The molecule has 0 aliphatic carbocycles. The highest BCUT2D eigenvalue weighted by atomic mass is 127. The van der Waals surface area contributed by atoms with Gasteiger partial charge in [0, 0.05) is 32.3 Å². The number of para-hydroxylation sites is 1. The molecule has 1 heterocycles. The smallest absolute Gasteiger partial charge is 0.191 e. The van der Waals surface area contributed by atoms with Crippen molar-refractivity contribution in [2.45, 2.75) is 45.8 Å². The molecule has 5 nitrogen and oxygen atoms in total. The first-order valence-electron chi connectivity index (χ1n) is 8.81. The number of halogens is 1. The van der Waals surface area contributed by atoms with Gasteiger partial charge in [-0.2, -0.15) is 0 Å². The summed E-state index contributed by atoms with van der Waals surface area (Å²) in [6, 6.07) is 8.13. The van der Waals surface area contributed by atoms with Gasteiger partial charge in [-0.25, -0.2) is 0 Å². The summed E-state index contributed by atoms with van der Waals surface area (Å²) in [5, 5.41) is 6.72. The van der Waals surface area contributed by atoms with E-state index in [1.54, 1.807) is 7.05 Å². The Balaban J connectivity index is 0.00000312. The summed E-state index contributed by atoms with van der Waals surface area (Å²) in [5.74, 6) is 2.22. The van der Waals surface area contributed by atoms with Gasteiger partial charge in [-0.1, -0.05) is 32.0 Å². The third-order valence-corrected chi connectivity index (χ3v) is 4.14. The van der Waals surface area contributed by atoms with E-state index in [-0.39, 0.29) is 29.6 Å². The van der Waals surface area contributed by atoms with Crippen molar-refractivity contribution >= 4 is 29.9 Å². The van der Waals surface area contributed by atoms with Crippen LogP contribution >= 0.6 is 24.0 Å². The summed E-state index contributed by atoms with van der Waals surface area (Å²) in [6.07, 6.45) is 2.22. The van der Waals surface area contributed by atoms with Crippen LogP contribution in [0.1, 0.15) is 39.2 Å². The molecule has 25 heavy (non-hydrogen) atoms.